The van der Waals surface area contributed by atoms with Crippen molar-refractivity contribution in [2.45, 2.75) is 17.4 Å². The molecule has 134 valence electrons. The summed E-state index contributed by atoms with van der Waals surface area (Å²) in [5, 5.41) is -0.231. The molecule has 0 aliphatic carbocycles. The number of rotatable bonds is 3. The van der Waals surface area contributed by atoms with E-state index in [0.717, 1.165) is 12.1 Å². The number of halogens is 2. The van der Waals surface area contributed by atoms with Crippen molar-refractivity contribution < 1.29 is 21.2 Å². The van der Waals surface area contributed by atoms with E-state index in [9.17, 15) is 21.2 Å². The molecule has 2 saturated heterocycles. The summed E-state index contributed by atoms with van der Waals surface area (Å²) < 4.78 is 62.9. The molecule has 24 heavy (non-hydrogen) atoms. The van der Waals surface area contributed by atoms with Crippen LogP contribution in [-0.4, -0.2) is 69.8 Å². The second kappa shape index (κ2) is 6.53. The summed E-state index contributed by atoms with van der Waals surface area (Å²) >= 11 is 5.67. The van der Waals surface area contributed by atoms with Crippen LogP contribution in [0.3, 0.4) is 0 Å². The number of hydrogen-bond donors (Lipinski definition) is 0. The van der Waals surface area contributed by atoms with Crippen molar-refractivity contribution in [1.82, 2.24) is 9.21 Å². The maximum Gasteiger partial charge on any atom is 0.243 e. The molecule has 2 aliphatic heterocycles. The molecule has 0 bridgehead atoms. The fourth-order valence-electron chi connectivity index (χ4n) is 3.16. The SMILES string of the molecule is O=S1(=O)CC[C@H](N2CCN(S(=O)(=O)c3ccc(F)c(Cl)c3)CC2)C1. The van der Waals surface area contributed by atoms with Crippen molar-refractivity contribution in [3.63, 3.8) is 0 Å². The Morgan fingerprint density at radius 2 is 1.83 bits per heavy atom. The van der Waals surface area contributed by atoms with Crippen LogP contribution in [0.2, 0.25) is 5.02 Å². The van der Waals surface area contributed by atoms with Gasteiger partial charge in [-0.2, -0.15) is 4.31 Å². The highest BCUT2D eigenvalue weighted by Gasteiger charge is 2.36. The third kappa shape index (κ3) is 3.60. The normalized spacial score (nSPS) is 25.8. The van der Waals surface area contributed by atoms with Crippen LogP contribution in [-0.2, 0) is 19.9 Å². The molecule has 0 amide bonds. The van der Waals surface area contributed by atoms with Crippen molar-refractivity contribution in [3.05, 3.63) is 29.0 Å². The van der Waals surface area contributed by atoms with Gasteiger partial charge >= 0.3 is 0 Å². The minimum Gasteiger partial charge on any atom is -0.297 e. The highest BCUT2D eigenvalue weighted by atomic mass is 35.5. The molecular weight excluding hydrogens is 379 g/mol. The Hall–Kier alpha value is -0.740. The molecule has 0 saturated carbocycles. The summed E-state index contributed by atoms with van der Waals surface area (Å²) in [6, 6.07) is 3.32. The third-order valence-electron chi connectivity index (χ3n) is 4.53. The van der Waals surface area contributed by atoms with E-state index < -0.39 is 25.7 Å². The van der Waals surface area contributed by atoms with Crippen molar-refractivity contribution >= 4 is 31.5 Å². The summed E-state index contributed by atoms with van der Waals surface area (Å²) in [5.41, 5.74) is 0. The maximum atomic E-state index is 13.2. The highest BCUT2D eigenvalue weighted by molar-refractivity contribution is 7.91. The van der Waals surface area contributed by atoms with Gasteiger partial charge in [0.05, 0.1) is 21.4 Å². The summed E-state index contributed by atoms with van der Waals surface area (Å²) in [6.07, 6.45) is 0.600. The standard InChI is InChI=1S/C14H18ClFN2O4S2/c15-13-9-12(1-2-14(13)16)24(21,22)18-6-4-17(5-7-18)11-3-8-23(19,20)10-11/h1-2,9,11H,3-8,10H2/t11-/m0/s1. The van der Waals surface area contributed by atoms with Gasteiger partial charge in [-0.15, -0.1) is 0 Å². The Morgan fingerprint density at radius 1 is 1.17 bits per heavy atom. The fourth-order valence-corrected chi connectivity index (χ4v) is 6.61. The molecule has 2 fully saturated rings. The van der Waals surface area contributed by atoms with E-state index >= 15 is 0 Å². The van der Waals surface area contributed by atoms with E-state index in [1.54, 1.807) is 0 Å². The van der Waals surface area contributed by atoms with Gasteiger partial charge in [-0.05, 0) is 24.6 Å². The van der Waals surface area contributed by atoms with E-state index in [0.29, 0.717) is 19.5 Å². The second-order valence-corrected chi connectivity index (χ2v) is 10.6. The predicted octanol–water partition coefficient (Wildman–Crippen LogP) is 0.973. The van der Waals surface area contributed by atoms with Crippen LogP contribution in [0.25, 0.3) is 0 Å². The van der Waals surface area contributed by atoms with Crippen LogP contribution >= 0.6 is 11.6 Å². The number of benzene rings is 1. The minimum absolute atomic E-state index is 0.0277. The number of hydrogen-bond acceptors (Lipinski definition) is 5. The first-order valence-corrected chi connectivity index (χ1v) is 11.2. The van der Waals surface area contributed by atoms with Gasteiger partial charge in [0.25, 0.3) is 0 Å². The number of piperazine rings is 1. The second-order valence-electron chi connectivity index (χ2n) is 6.07. The molecule has 2 aliphatic rings. The average Bonchev–Trinajstić information content (AvgIpc) is 2.90. The lowest BCUT2D eigenvalue weighted by atomic mass is 10.2. The van der Waals surface area contributed by atoms with E-state index in [1.165, 1.54) is 10.4 Å². The maximum absolute atomic E-state index is 13.2. The summed E-state index contributed by atoms with van der Waals surface area (Å²) in [4.78, 5) is 2.00. The first kappa shape index (κ1) is 18.1. The zero-order chi connectivity index (χ0) is 17.5. The lowest BCUT2D eigenvalue weighted by Gasteiger charge is -2.36. The van der Waals surface area contributed by atoms with Gasteiger partial charge in [0.2, 0.25) is 10.0 Å². The Kier molecular flexibility index (Phi) is 4.91. The monoisotopic (exact) mass is 396 g/mol. The molecule has 10 heteroatoms. The van der Waals surface area contributed by atoms with Gasteiger partial charge in [-0.25, -0.2) is 21.2 Å². The molecule has 2 heterocycles. The van der Waals surface area contributed by atoms with Crippen LogP contribution in [0.4, 0.5) is 4.39 Å². The van der Waals surface area contributed by atoms with Gasteiger partial charge in [0, 0.05) is 32.2 Å². The lowest BCUT2D eigenvalue weighted by Crippen LogP contribution is -2.52. The Morgan fingerprint density at radius 3 is 2.38 bits per heavy atom. The first-order valence-electron chi connectivity index (χ1n) is 7.59. The van der Waals surface area contributed by atoms with Gasteiger partial charge < -0.3 is 0 Å². The number of sulfonamides is 1. The molecule has 0 spiro atoms. The van der Waals surface area contributed by atoms with Crippen molar-refractivity contribution in [1.29, 1.82) is 0 Å². The molecule has 0 unspecified atom stereocenters. The number of nitrogens with zero attached hydrogens (tertiary/aromatic N) is 2. The molecule has 0 N–H and O–H groups in total. The van der Waals surface area contributed by atoms with Crippen LogP contribution in [0.1, 0.15) is 6.42 Å². The van der Waals surface area contributed by atoms with E-state index in [1.807, 2.05) is 4.90 Å². The van der Waals surface area contributed by atoms with Gasteiger partial charge in [0.15, 0.2) is 9.84 Å². The summed E-state index contributed by atoms with van der Waals surface area (Å²) in [6.45, 7) is 1.50. The molecule has 1 aromatic carbocycles. The van der Waals surface area contributed by atoms with Crippen molar-refractivity contribution in [2.24, 2.45) is 0 Å². The predicted molar refractivity (Wildman–Crippen MR) is 88.8 cm³/mol. The molecule has 1 atom stereocenters. The molecule has 6 nitrogen and oxygen atoms in total. The lowest BCUT2D eigenvalue weighted by molar-refractivity contribution is 0.148. The zero-order valence-corrected chi connectivity index (χ0v) is 15.2. The van der Waals surface area contributed by atoms with E-state index in [2.05, 4.69) is 0 Å². The van der Waals surface area contributed by atoms with Gasteiger partial charge in [0.1, 0.15) is 5.82 Å². The Balaban J connectivity index is 1.68. The Bertz CT molecular complexity index is 836. The zero-order valence-electron chi connectivity index (χ0n) is 12.9. The van der Waals surface area contributed by atoms with Crippen molar-refractivity contribution in [2.75, 3.05) is 37.7 Å². The number of sulfone groups is 1. The molecule has 0 aromatic heterocycles. The van der Waals surface area contributed by atoms with Crippen LogP contribution in [0, 0.1) is 5.82 Å². The first-order chi connectivity index (χ1) is 11.2. The topological polar surface area (TPSA) is 74.8 Å². The molecule has 3 rings (SSSR count). The largest absolute Gasteiger partial charge is 0.297 e. The van der Waals surface area contributed by atoms with Gasteiger partial charge in [-0.1, -0.05) is 11.6 Å². The van der Waals surface area contributed by atoms with E-state index in [4.69, 9.17) is 11.6 Å². The molecule has 1 aromatic rings. The van der Waals surface area contributed by atoms with Crippen LogP contribution in [0.5, 0.6) is 0 Å². The smallest absolute Gasteiger partial charge is 0.243 e. The van der Waals surface area contributed by atoms with Crippen LogP contribution in [0.15, 0.2) is 23.1 Å². The summed E-state index contributed by atoms with van der Waals surface area (Å²) in [7, 11) is -6.70. The van der Waals surface area contributed by atoms with E-state index in [-0.39, 0.29) is 40.6 Å². The molecular formula is C14H18ClFN2O4S2. The fraction of sp³-hybridized carbons (Fsp3) is 0.571. The Labute approximate surface area is 146 Å². The van der Waals surface area contributed by atoms with Gasteiger partial charge in [-0.3, -0.25) is 4.90 Å². The van der Waals surface area contributed by atoms with Crippen LogP contribution < -0.4 is 0 Å². The molecule has 0 radical (unpaired) electrons. The highest BCUT2D eigenvalue weighted by Crippen LogP contribution is 2.25. The van der Waals surface area contributed by atoms with Crippen molar-refractivity contribution in [3.8, 4) is 0 Å². The third-order valence-corrected chi connectivity index (χ3v) is 8.46. The quantitative estimate of drug-likeness (QED) is 0.761. The summed E-state index contributed by atoms with van der Waals surface area (Å²) in [5.74, 6) is -0.319. The average molecular weight is 397 g/mol. The minimum atomic E-state index is -3.73.